The van der Waals surface area contributed by atoms with Crippen LogP contribution in [0.2, 0.25) is 0 Å². The summed E-state index contributed by atoms with van der Waals surface area (Å²) in [7, 11) is -8.15. The highest BCUT2D eigenvalue weighted by Crippen LogP contribution is 2.67. The van der Waals surface area contributed by atoms with Gasteiger partial charge in [0.25, 0.3) is 0 Å². The summed E-state index contributed by atoms with van der Waals surface area (Å²) >= 11 is 0. The predicted octanol–water partition coefficient (Wildman–Crippen LogP) is 5.11. The number of benzene rings is 2. The Morgan fingerprint density at radius 1 is 0.833 bits per heavy atom. The first kappa shape index (κ1) is 21.6. The lowest BCUT2D eigenvalue weighted by atomic mass is 9.41. The Balaban J connectivity index is 1.81. The molecule has 0 aliphatic heterocycles. The van der Waals surface area contributed by atoms with Crippen LogP contribution in [0, 0.1) is 22.7 Å². The average molecular weight is 447 g/mol. The van der Waals surface area contributed by atoms with E-state index < -0.39 is 24.3 Å². The van der Waals surface area contributed by atoms with Crippen LogP contribution in [0.3, 0.4) is 0 Å². The van der Waals surface area contributed by atoms with Crippen LogP contribution < -0.4 is 0 Å². The van der Waals surface area contributed by atoms with Crippen LogP contribution in [-0.4, -0.2) is 21.4 Å². The monoisotopic (exact) mass is 446 g/mol. The third-order valence-electron chi connectivity index (χ3n) is 7.84. The van der Waals surface area contributed by atoms with E-state index in [0.717, 1.165) is 19.3 Å². The third kappa shape index (κ3) is 3.32. The Morgan fingerprint density at radius 2 is 1.30 bits per heavy atom. The van der Waals surface area contributed by atoms with E-state index in [0.29, 0.717) is 11.8 Å². The van der Waals surface area contributed by atoms with Crippen molar-refractivity contribution in [2.45, 2.75) is 60.8 Å². The molecule has 6 heteroatoms. The molecule has 3 atom stereocenters. The fraction of sp³-hybridized carbons (Fsp3) is 0.500. The predicted molar refractivity (Wildman–Crippen MR) is 118 cm³/mol. The van der Waals surface area contributed by atoms with Crippen molar-refractivity contribution in [3.8, 4) is 0 Å². The average Bonchev–Trinajstić information content (AvgIpc) is 2.73. The summed E-state index contributed by atoms with van der Waals surface area (Å²) < 4.78 is 53.2. The van der Waals surface area contributed by atoms with Crippen molar-refractivity contribution in [2.75, 3.05) is 0 Å². The van der Waals surface area contributed by atoms with Crippen LogP contribution in [0.5, 0.6) is 0 Å². The number of hydrogen-bond donors (Lipinski definition) is 0. The van der Waals surface area contributed by atoms with Gasteiger partial charge in [-0.3, -0.25) is 0 Å². The first-order valence-corrected chi connectivity index (χ1v) is 13.7. The van der Waals surface area contributed by atoms with Gasteiger partial charge in [-0.05, 0) is 72.6 Å². The Hall–Kier alpha value is -1.66. The molecule has 0 N–H and O–H groups in total. The van der Waals surface area contributed by atoms with Gasteiger partial charge in [-0.15, -0.1) is 0 Å². The first-order chi connectivity index (χ1) is 14.0. The summed E-state index contributed by atoms with van der Waals surface area (Å²) in [6.45, 7) is 6.59. The molecule has 5 rings (SSSR count). The summed E-state index contributed by atoms with van der Waals surface area (Å²) in [5, 5.41) is 0. The van der Waals surface area contributed by atoms with E-state index in [2.05, 4.69) is 20.8 Å². The Kier molecular flexibility index (Phi) is 5.17. The van der Waals surface area contributed by atoms with Crippen molar-refractivity contribution in [3.63, 3.8) is 0 Å². The van der Waals surface area contributed by atoms with E-state index in [4.69, 9.17) is 0 Å². The molecule has 0 amide bonds. The van der Waals surface area contributed by atoms with E-state index in [9.17, 15) is 16.8 Å². The van der Waals surface area contributed by atoms with Crippen LogP contribution in [-0.2, 0) is 19.7 Å². The van der Waals surface area contributed by atoms with E-state index >= 15 is 0 Å². The molecule has 0 radical (unpaired) electrons. The van der Waals surface area contributed by atoms with Gasteiger partial charge in [0.15, 0.2) is 24.3 Å². The molecule has 30 heavy (non-hydrogen) atoms. The molecule has 2 bridgehead atoms. The maximum atomic E-state index is 13.7. The molecular weight excluding hydrogens is 416 g/mol. The van der Waals surface area contributed by atoms with Gasteiger partial charge in [-0.1, -0.05) is 57.2 Å². The van der Waals surface area contributed by atoms with Gasteiger partial charge in [0.05, 0.1) is 9.79 Å². The van der Waals surface area contributed by atoms with Crippen molar-refractivity contribution in [1.29, 1.82) is 0 Å². The second-order valence-electron chi connectivity index (χ2n) is 9.85. The molecule has 3 fully saturated rings. The van der Waals surface area contributed by atoms with Crippen LogP contribution in [0.1, 0.15) is 46.5 Å². The highest BCUT2D eigenvalue weighted by Gasteiger charge is 2.60. The Labute approximate surface area is 180 Å². The Bertz CT molecular complexity index is 1050. The van der Waals surface area contributed by atoms with E-state index in [1.165, 1.54) is 24.3 Å². The molecule has 4 nitrogen and oxygen atoms in total. The molecule has 0 saturated heterocycles. The zero-order valence-corrected chi connectivity index (χ0v) is 19.4. The fourth-order valence-corrected chi connectivity index (χ4v) is 10.8. The Morgan fingerprint density at radius 3 is 1.70 bits per heavy atom. The van der Waals surface area contributed by atoms with Crippen molar-refractivity contribution in [2.24, 2.45) is 22.7 Å². The number of sulfone groups is 2. The minimum absolute atomic E-state index is 0.0691. The van der Waals surface area contributed by atoms with Crippen molar-refractivity contribution in [3.05, 3.63) is 60.7 Å². The van der Waals surface area contributed by atoms with Crippen LogP contribution >= 0.6 is 0 Å². The van der Waals surface area contributed by atoms with Crippen LogP contribution in [0.15, 0.2) is 70.5 Å². The lowest BCUT2D eigenvalue weighted by Crippen LogP contribution is -2.58. The van der Waals surface area contributed by atoms with Gasteiger partial charge in [-0.25, -0.2) is 16.8 Å². The van der Waals surface area contributed by atoms with Gasteiger partial charge in [0.1, 0.15) is 0 Å². The van der Waals surface area contributed by atoms with Gasteiger partial charge in [0.2, 0.25) is 0 Å². The standard InChI is InChI=1S/C24H30O4S2/c1-23(2)18-14-15-24(3,21(23)16-18)17-22(29(25,26)19-10-6-4-7-11-19)30(27,28)20-12-8-5-9-13-20/h4-13,18,21-22H,14-17H2,1-3H3/t18-,21+,24?/m1/s1. The van der Waals surface area contributed by atoms with Crippen LogP contribution in [0.25, 0.3) is 0 Å². The molecule has 3 saturated carbocycles. The lowest BCUT2D eigenvalue weighted by Gasteiger charge is -2.65. The molecule has 2 aromatic carbocycles. The maximum Gasteiger partial charge on any atom is 0.195 e. The SMILES string of the molecule is CC1(CC(S(=O)(=O)c2ccccc2)S(=O)(=O)c2ccccc2)CC[C@@H]2C[C@H]1C2(C)C. The maximum absolute atomic E-state index is 13.7. The van der Waals surface area contributed by atoms with E-state index in [1.807, 2.05) is 0 Å². The molecule has 1 unspecified atom stereocenters. The highest BCUT2D eigenvalue weighted by atomic mass is 32.3. The lowest BCUT2D eigenvalue weighted by molar-refractivity contribution is -0.151. The minimum atomic E-state index is -4.08. The van der Waals surface area contributed by atoms with Crippen molar-refractivity contribution < 1.29 is 16.8 Å². The van der Waals surface area contributed by atoms with E-state index in [1.54, 1.807) is 36.4 Å². The zero-order valence-electron chi connectivity index (χ0n) is 17.8. The van der Waals surface area contributed by atoms with Gasteiger partial charge in [0, 0.05) is 0 Å². The molecule has 0 aromatic heterocycles. The smallest absolute Gasteiger partial charge is 0.195 e. The van der Waals surface area contributed by atoms with Gasteiger partial charge >= 0.3 is 0 Å². The first-order valence-electron chi connectivity index (χ1n) is 10.6. The zero-order chi connectivity index (χ0) is 21.8. The minimum Gasteiger partial charge on any atom is -0.222 e. The summed E-state index contributed by atoms with van der Waals surface area (Å²) in [6, 6.07) is 16.0. The molecule has 2 aromatic rings. The normalized spacial score (nSPS) is 28.1. The van der Waals surface area contributed by atoms with Crippen molar-refractivity contribution >= 4 is 19.7 Å². The van der Waals surface area contributed by atoms with Gasteiger partial charge < -0.3 is 0 Å². The number of fused-ring (bicyclic) bond motifs is 2. The number of rotatable bonds is 6. The molecule has 0 spiro atoms. The summed E-state index contributed by atoms with van der Waals surface area (Å²) in [5.74, 6) is 0.994. The summed E-state index contributed by atoms with van der Waals surface area (Å²) in [4.78, 5) is 0.138. The second kappa shape index (κ2) is 7.20. The molecular formula is C24H30O4S2. The fourth-order valence-electron chi connectivity index (χ4n) is 5.90. The largest absolute Gasteiger partial charge is 0.222 e. The van der Waals surface area contributed by atoms with Crippen LogP contribution in [0.4, 0.5) is 0 Å². The molecule has 0 heterocycles. The molecule has 3 aliphatic rings. The molecule has 162 valence electrons. The topological polar surface area (TPSA) is 68.3 Å². The summed E-state index contributed by atoms with van der Waals surface area (Å²) in [6.07, 6.45) is 3.09. The number of hydrogen-bond acceptors (Lipinski definition) is 4. The van der Waals surface area contributed by atoms with Gasteiger partial charge in [-0.2, -0.15) is 0 Å². The second-order valence-corrected chi connectivity index (χ2v) is 14.4. The highest BCUT2D eigenvalue weighted by molar-refractivity contribution is 8.09. The van der Waals surface area contributed by atoms with E-state index in [-0.39, 0.29) is 27.0 Å². The third-order valence-corrected chi connectivity index (χ3v) is 12.9. The summed E-state index contributed by atoms with van der Waals surface area (Å²) in [5.41, 5.74) is -0.197. The molecule has 3 aliphatic carbocycles. The van der Waals surface area contributed by atoms with Crippen molar-refractivity contribution in [1.82, 2.24) is 0 Å². The quantitative estimate of drug-likeness (QED) is 0.618.